The van der Waals surface area contributed by atoms with Gasteiger partial charge in [-0.25, -0.2) is 9.79 Å². The van der Waals surface area contributed by atoms with Crippen molar-refractivity contribution < 1.29 is 9.53 Å². The average Bonchev–Trinajstić information content (AvgIpc) is 2.97. The molecule has 0 saturated heterocycles. The van der Waals surface area contributed by atoms with Crippen LogP contribution in [0.1, 0.15) is 11.1 Å². The molecule has 0 fully saturated rings. The summed E-state index contributed by atoms with van der Waals surface area (Å²) >= 11 is 12.1. The van der Waals surface area contributed by atoms with Crippen molar-refractivity contribution in [2.75, 3.05) is 0 Å². The Morgan fingerprint density at radius 1 is 0.960 bits per heavy atom. The van der Waals surface area contributed by atoms with Crippen molar-refractivity contribution in [3.63, 3.8) is 0 Å². The van der Waals surface area contributed by atoms with Crippen molar-refractivity contribution in [3.8, 4) is 0 Å². The van der Waals surface area contributed by atoms with Gasteiger partial charge < -0.3 is 4.74 Å². The largest absolute Gasteiger partial charge is 0.402 e. The SMILES string of the molecule is O=C1OC(c2cccc3ccccc23)=N/C1=C/c1ccc(Cl)cc1Cl. The van der Waals surface area contributed by atoms with E-state index in [1.807, 2.05) is 42.5 Å². The summed E-state index contributed by atoms with van der Waals surface area (Å²) < 4.78 is 5.38. The highest BCUT2D eigenvalue weighted by Gasteiger charge is 2.25. The minimum absolute atomic E-state index is 0.201. The van der Waals surface area contributed by atoms with E-state index in [0.717, 1.165) is 16.3 Å². The van der Waals surface area contributed by atoms with E-state index in [0.29, 0.717) is 15.6 Å². The van der Waals surface area contributed by atoms with E-state index in [2.05, 4.69) is 4.99 Å². The van der Waals surface area contributed by atoms with Gasteiger partial charge in [0.1, 0.15) is 0 Å². The van der Waals surface area contributed by atoms with Crippen molar-refractivity contribution in [2.24, 2.45) is 4.99 Å². The van der Waals surface area contributed by atoms with Crippen LogP contribution in [0.15, 0.2) is 71.4 Å². The first-order valence-electron chi connectivity index (χ1n) is 7.57. The smallest absolute Gasteiger partial charge is 0.363 e. The van der Waals surface area contributed by atoms with Crippen LogP contribution in [0.5, 0.6) is 0 Å². The maximum absolute atomic E-state index is 12.2. The van der Waals surface area contributed by atoms with Crippen LogP contribution < -0.4 is 0 Å². The molecule has 0 aliphatic carbocycles. The summed E-state index contributed by atoms with van der Waals surface area (Å²) in [5, 5.41) is 3.00. The molecule has 0 atom stereocenters. The predicted molar refractivity (Wildman–Crippen MR) is 101 cm³/mol. The van der Waals surface area contributed by atoms with Crippen LogP contribution in [0.2, 0.25) is 10.0 Å². The van der Waals surface area contributed by atoms with Gasteiger partial charge in [0.25, 0.3) is 0 Å². The molecular weight excluding hydrogens is 357 g/mol. The molecule has 0 radical (unpaired) electrons. The van der Waals surface area contributed by atoms with E-state index in [4.69, 9.17) is 27.9 Å². The molecule has 0 N–H and O–H groups in total. The van der Waals surface area contributed by atoms with Crippen molar-refractivity contribution in [3.05, 3.63) is 87.5 Å². The average molecular weight is 368 g/mol. The number of cyclic esters (lactones) is 1. The number of benzene rings is 3. The van der Waals surface area contributed by atoms with E-state index in [9.17, 15) is 4.79 Å². The second kappa shape index (κ2) is 6.36. The zero-order valence-electron chi connectivity index (χ0n) is 12.9. The first kappa shape index (κ1) is 15.9. The molecule has 0 aromatic heterocycles. The fraction of sp³-hybridized carbons (Fsp3) is 0. The van der Waals surface area contributed by atoms with Crippen LogP contribution in [0.3, 0.4) is 0 Å². The lowest BCUT2D eigenvalue weighted by atomic mass is 10.0. The molecule has 0 spiro atoms. The fourth-order valence-electron chi connectivity index (χ4n) is 2.70. The normalized spacial score (nSPS) is 15.5. The number of carbonyl (C=O) groups is 1. The molecule has 1 aliphatic rings. The Kier molecular flexibility index (Phi) is 4.04. The van der Waals surface area contributed by atoms with Crippen molar-refractivity contribution in [1.82, 2.24) is 0 Å². The van der Waals surface area contributed by atoms with Gasteiger partial charge in [-0.2, -0.15) is 0 Å². The zero-order chi connectivity index (χ0) is 17.4. The third kappa shape index (κ3) is 3.04. The summed E-state index contributed by atoms with van der Waals surface area (Å²) in [6.45, 7) is 0. The molecular formula is C20H11Cl2NO2. The van der Waals surface area contributed by atoms with Gasteiger partial charge in [0.15, 0.2) is 5.70 Å². The lowest BCUT2D eigenvalue weighted by molar-refractivity contribution is -0.129. The number of hydrogen-bond acceptors (Lipinski definition) is 3. The quantitative estimate of drug-likeness (QED) is 0.443. The van der Waals surface area contributed by atoms with Gasteiger partial charge in [0, 0.05) is 15.6 Å². The van der Waals surface area contributed by atoms with Gasteiger partial charge in [0.2, 0.25) is 5.90 Å². The first-order chi connectivity index (χ1) is 12.1. The first-order valence-corrected chi connectivity index (χ1v) is 8.33. The summed E-state index contributed by atoms with van der Waals surface area (Å²) in [5.74, 6) is -0.216. The van der Waals surface area contributed by atoms with Crippen molar-refractivity contribution in [1.29, 1.82) is 0 Å². The van der Waals surface area contributed by atoms with Gasteiger partial charge in [-0.3, -0.25) is 0 Å². The molecule has 0 bridgehead atoms. The van der Waals surface area contributed by atoms with Crippen molar-refractivity contribution >= 4 is 51.9 Å². The summed E-state index contributed by atoms with van der Waals surface area (Å²) in [5.41, 5.74) is 1.63. The standard InChI is InChI=1S/C20H11Cl2NO2/c21-14-9-8-13(17(22)11-14)10-18-20(24)25-19(23-18)16-7-3-5-12-4-1-2-6-15(12)16/h1-11H/b18-10+. The van der Waals surface area contributed by atoms with Crippen LogP contribution in [-0.4, -0.2) is 11.9 Å². The second-order valence-corrected chi connectivity index (χ2v) is 6.37. The molecule has 0 unspecified atom stereocenters. The number of ether oxygens (including phenoxy) is 1. The number of carbonyl (C=O) groups excluding carboxylic acids is 1. The molecule has 122 valence electrons. The van der Waals surface area contributed by atoms with Crippen LogP contribution >= 0.6 is 23.2 Å². The number of halogens is 2. The Bertz CT molecular complexity index is 1060. The number of fused-ring (bicyclic) bond motifs is 1. The molecule has 1 heterocycles. The Labute approximate surface area is 154 Å². The van der Waals surface area contributed by atoms with Gasteiger partial charge in [-0.1, -0.05) is 65.7 Å². The number of nitrogens with zero attached hydrogens (tertiary/aromatic N) is 1. The molecule has 1 aliphatic heterocycles. The Morgan fingerprint density at radius 2 is 1.76 bits per heavy atom. The Hall–Kier alpha value is -2.62. The van der Waals surface area contributed by atoms with Gasteiger partial charge in [0.05, 0.1) is 0 Å². The highest BCUT2D eigenvalue weighted by atomic mass is 35.5. The lowest BCUT2D eigenvalue weighted by Crippen LogP contribution is -2.05. The molecule has 3 nitrogen and oxygen atoms in total. The summed E-state index contributed by atoms with van der Waals surface area (Å²) in [6, 6.07) is 18.7. The minimum atomic E-state index is -0.506. The Morgan fingerprint density at radius 3 is 2.60 bits per heavy atom. The molecule has 0 saturated carbocycles. The number of esters is 1. The van der Waals surface area contributed by atoms with Gasteiger partial charge in [-0.05, 0) is 40.6 Å². The van der Waals surface area contributed by atoms with E-state index in [1.54, 1.807) is 24.3 Å². The monoisotopic (exact) mass is 367 g/mol. The van der Waals surface area contributed by atoms with Crippen LogP contribution in [0, 0.1) is 0 Å². The molecule has 25 heavy (non-hydrogen) atoms. The van der Waals surface area contributed by atoms with E-state index in [-0.39, 0.29) is 11.6 Å². The summed E-state index contributed by atoms with van der Waals surface area (Å²) in [6.07, 6.45) is 1.60. The molecule has 0 amide bonds. The third-order valence-electron chi connectivity index (χ3n) is 3.90. The topological polar surface area (TPSA) is 38.7 Å². The highest BCUT2D eigenvalue weighted by Crippen LogP contribution is 2.27. The molecule has 5 heteroatoms. The molecule has 3 aromatic rings. The maximum atomic E-state index is 12.2. The van der Waals surface area contributed by atoms with E-state index >= 15 is 0 Å². The van der Waals surface area contributed by atoms with Crippen LogP contribution in [0.25, 0.3) is 16.8 Å². The van der Waals surface area contributed by atoms with Crippen LogP contribution in [0.4, 0.5) is 0 Å². The minimum Gasteiger partial charge on any atom is -0.402 e. The highest BCUT2D eigenvalue weighted by molar-refractivity contribution is 6.35. The molecule has 3 aromatic carbocycles. The summed E-state index contributed by atoms with van der Waals surface area (Å²) in [4.78, 5) is 16.6. The number of rotatable bonds is 2. The predicted octanol–water partition coefficient (Wildman–Crippen LogP) is 5.49. The number of hydrogen-bond donors (Lipinski definition) is 0. The molecule has 4 rings (SSSR count). The number of aliphatic imine (C=N–C) groups is 1. The van der Waals surface area contributed by atoms with Gasteiger partial charge >= 0.3 is 5.97 Å². The fourth-order valence-corrected chi connectivity index (χ4v) is 3.17. The maximum Gasteiger partial charge on any atom is 0.363 e. The van der Waals surface area contributed by atoms with E-state index in [1.165, 1.54) is 0 Å². The van der Waals surface area contributed by atoms with Gasteiger partial charge in [-0.15, -0.1) is 0 Å². The second-order valence-electron chi connectivity index (χ2n) is 5.53. The zero-order valence-corrected chi connectivity index (χ0v) is 14.4. The Balaban J connectivity index is 1.79. The van der Waals surface area contributed by atoms with Crippen LogP contribution in [-0.2, 0) is 9.53 Å². The third-order valence-corrected chi connectivity index (χ3v) is 4.46. The summed E-state index contributed by atoms with van der Waals surface area (Å²) in [7, 11) is 0. The lowest BCUT2D eigenvalue weighted by Gasteiger charge is -2.04. The van der Waals surface area contributed by atoms with E-state index < -0.39 is 5.97 Å². The van der Waals surface area contributed by atoms with Crippen molar-refractivity contribution in [2.45, 2.75) is 0 Å².